The molecule has 0 aliphatic carbocycles. The first-order valence-electron chi connectivity index (χ1n) is 5.69. The summed E-state index contributed by atoms with van der Waals surface area (Å²) < 4.78 is 5.21. The van der Waals surface area contributed by atoms with Crippen molar-refractivity contribution in [2.24, 2.45) is 10.7 Å². The smallest absolute Gasteiger partial charge is 0.410 e. The van der Waals surface area contributed by atoms with Gasteiger partial charge in [0, 0.05) is 25.5 Å². The normalized spacial score (nSPS) is 17.4. The number of carbonyl (C=O) groups is 1. The number of nitrogens with two attached hydrogens (primary N) is 1. The molecule has 1 saturated heterocycles. The maximum atomic E-state index is 11.6. The van der Waals surface area contributed by atoms with E-state index in [2.05, 4.69) is 4.99 Å². The van der Waals surface area contributed by atoms with E-state index in [1.54, 1.807) is 4.90 Å². The molecule has 0 spiro atoms. The number of likely N-dealkylation sites (tertiary alicyclic amines) is 1. The zero-order chi connectivity index (χ0) is 13.8. The highest BCUT2D eigenvalue weighted by Crippen LogP contribution is 2.16. The number of nitriles is 1. The summed E-state index contributed by atoms with van der Waals surface area (Å²) in [6, 6.07) is 1.92. The molecule has 0 atom stereocenters. The standard InChI is InChI=1S/C12H18N4O2/c1-12(2,3)18-11(17)16-7-10(8-16)15-6-9(4-13)5-14/h4,6,10H,7-8,13H2,1-3H3. The lowest BCUT2D eigenvalue weighted by atomic mass is 10.1. The fourth-order valence-corrected chi connectivity index (χ4v) is 1.32. The van der Waals surface area contributed by atoms with Crippen molar-refractivity contribution in [3.63, 3.8) is 0 Å². The summed E-state index contributed by atoms with van der Waals surface area (Å²) in [5.41, 5.74) is 5.04. The van der Waals surface area contributed by atoms with Gasteiger partial charge in [0.05, 0.1) is 11.6 Å². The molecule has 6 heteroatoms. The van der Waals surface area contributed by atoms with Crippen LogP contribution in [0.5, 0.6) is 0 Å². The third-order valence-corrected chi connectivity index (χ3v) is 2.25. The zero-order valence-corrected chi connectivity index (χ0v) is 10.9. The number of allylic oxidation sites excluding steroid dienone is 1. The molecule has 1 heterocycles. The first-order valence-corrected chi connectivity index (χ1v) is 5.69. The summed E-state index contributed by atoms with van der Waals surface area (Å²) in [6.45, 7) is 6.49. The Balaban J connectivity index is 2.37. The van der Waals surface area contributed by atoms with Crippen molar-refractivity contribution >= 4 is 12.3 Å². The highest BCUT2D eigenvalue weighted by molar-refractivity contribution is 5.83. The van der Waals surface area contributed by atoms with Crippen LogP contribution in [-0.4, -0.2) is 41.9 Å². The summed E-state index contributed by atoms with van der Waals surface area (Å²) in [5.74, 6) is 0. The Labute approximate surface area is 107 Å². The molecular formula is C12H18N4O2. The maximum absolute atomic E-state index is 11.6. The van der Waals surface area contributed by atoms with Gasteiger partial charge in [-0.15, -0.1) is 0 Å². The van der Waals surface area contributed by atoms with Gasteiger partial charge >= 0.3 is 6.09 Å². The van der Waals surface area contributed by atoms with Crippen LogP contribution in [0.15, 0.2) is 16.8 Å². The van der Waals surface area contributed by atoms with Crippen molar-refractivity contribution in [1.82, 2.24) is 4.90 Å². The number of ether oxygens (including phenoxy) is 1. The number of aliphatic imine (C=N–C) groups is 1. The molecule has 0 unspecified atom stereocenters. The summed E-state index contributed by atoms with van der Waals surface area (Å²) in [7, 11) is 0. The molecule has 1 aliphatic rings. The summed E-state index contributed by atoms with van der Waals surface area (Å²) >= 11 is 0. The van der Waals surface area contributed by atoms with E-state index in [4.69, 9.17) is 15.7 Å². The van der Waals surface area contributed by atoms with Gasteiger partial charge in [-0.25, -0.2) is 4.79 Å². The third-order valence-electron chi connectivity index (χ3n) is 2.25. The van der Waals surface area contributed by atoms with Crippen LogP contribution >= 0.6 is 0 Å². The second-order valence-corrected chi connectivity index (χ2v) is 5.05. The van der Waals surface area contributed by atoms with E-state index in [0.29, 0.717) is 18.7 Å². The van der Waals surface area contributed by atoms with Crippen molar-refractivity contribution in [1.29, 1.82) is 5.26 Å². The van der Waals surface area contributed by atoms with Crippen LogP contribution in [0, 0.1) is 11.3 Å². The monoisotopic (exact) mass is 250 g/mol. The molecule has 18 heavy (non-hydrogen) atoms. The molecule has 0 aromatic carbocycles. The van der Waals surface area contributed by atoms with Gasteiger partial charge < -0.3 is 15.4 Å². The highest BCUT2D eigenvalue weighted by Gasteiger charge is 2.33. The van der Waals surface area contributed by atoms with E-state index >= 15 is 0 Å². The number of amides is 1. The predicted molar refractivity (Wildman–Crippen MR) is 68.0 cm³/mol. The van der Waals surface area contributed by atoms with Gasteiger partial charge in [0.1, 0.15) is 11.7 Å². The topological polar surface area (TPSA) is 91.7 Å². The van der Waals surface area contributed by atoms with Gasteiger partial charge in [0.25, 0.3) is 0 Å². The lowest BCUT2D eigenvalue weighted by Crippen LogP contribution is -2.54. The third kappa shape index (κ3) is 4.09. The fourth-order valence-electron chi connectivity index (χ4n) is 1.32. The molecule has 1 amide bonds. The van der Waals surface area contributed by atoms with Gasteiger partial charge in [-0.2, -0.15) is 5.26 Å². The summed E-state index contributed by atoms with van der Waals surface area (Å²) in [6.07, 6.45) is 2.30. The largest absolute Gasteiger partial charge is 0.444 e. The van der Waals surface area contributed by atoms with Gasteiger partial charge in [-0.1, -0.05) is 0 Å². The van der Waals surface area contributed by atoms with Crippen molar-refractivity contribution in [2.45, 2.75) is 32.4 Å². The molecule has 6 nitrogen and oxygen atoms in total. The van der Waals surface area contributed by atoms with E-state index in [1.807, 2.05) is 26.8 Å². The number of hydrogen-bond acceptors (Lipinski definition) is 5. The number of nitrogens with zero attached hydrogens (tertiary/aromatic N) is 3. The van der Waals surface area contributed by atoms with Crippen molar-refractivity contribution in [3.05, 3.63) is 11.8 Å². The molecule has 0 saturated carbocycles. The van der Waals surface area contributed by atoms with Crippen molar-refractivity contribution < 1.29 is 9.53 Å². The van der Waals surface area contributed by atoms with Gasteiger partial charge in [0.15, 0.2) is 0 Å². The fraction of sp³-hybridized carbons (Fsp3) is 0.583. The molecule has 0 bridgehead atoms. The number of hydrogen-bond donors (Lipinski definition) is 1. The van der Waals surface area contributed by atoms with E-state index in [-0.39, 0.29) is 12.1 Å². The van der Waals surface area contributed by atoms with E-state index in [1.165, 1.54) is 12.4 Å². The number of rotatable bonds is 2. The second-order valence-electron chi connectivity index (χ2n) is 5.05. The molecule has 1 rings (SSSR count). The lowest BCUT2D eigenvalue weighted by molar-refractivity contribution is 0.00911. The summed E-state index contributed by atoms with van der Waals surface area (Å²) in [5, 5.41) is 8.62. The number of carbonyl (C=O) groups excluding carboxylic acids is 1. The van der Waals surface area contributed by atoms with E-state index in [0.717, 1.165) is 0 Å². The van der Waals surface area contributed by atoms with Gasteiger partial charge in [-0.05, 0) is 20.8 Å². The molecule has 1 aliphatic heterocycles. The van der Waals surface area contributed by atoms with Crippen LogP contribution in [-0.2, 0) is 4.74 Å². The average molecular weight is 250 g/mol. The Morgan fingerprint density at radius 1 is 1.56 bits per heavy atom. The minimum Gasteiger partial charge on any atom is -0.444 e. The predicted octanol–water partition coefficient (Wildman–Crippen LogP) is 1.04. The average Bonchev–Trinajstić information content (AvgIpc) is 2.18. The molecule has 0 aromatic heterocycles. The zero-order valence-electron chi connectivity index (χ0n) is 10.9. The quantitative estimate of drug-likeness (QED) is 0.585. The summed E-state index contributed by atoms with van der Waals surface area (Å²) in [4.78, 5) is 17.3. The Bertz CT molecular complexity index is 409. The van der Waals surface area contributed by atoms with Gasteiger partial charge in [0.2, 0.25) is 0 Å². The van der Waals surface area contributed by atoms with Crippen molar-refractivity contribution in [2.75, 3.05) is 13.1 Å². The maximum Gasteiger partial charge on any atom is 0.410 e. The van der Waals surface area contributed by atoms with Crippen LogP contribution in [0.3, 0.4) is 0 Å². The second kappa shape index (κ2) is 5.54. The molecule has 2 N–H and O–H groups in total. The van der Waals surface area contributed by atoms with Crippen LogP contribution in [0.25, 0.3) is 0 Å². The first kappa shape index (κ1) is 14.0. The van der Waals surface area contributed by atoms with Crippen LogP contribution in [0.1, 0.15) is 20.8 Å². The molecule has 1 fully saturated rings. The molecule has 98 valence electrons. The first-order chi connectivity index (χ1) is 8.35. The Morgan fingerprint density at radius 2 is 2.17 bits per heavy atom. The lowest BCUT2D eigenvalue weighted by Gasteiger charge is -2.37. The van der Waals surface area contributed by atoms with Crippen LogP contribution in [0.2, 0.25) is 0 Å². The molecule has 0 radical (unpaired) electrons. The van der Waals surface area contributed by atoms with E-state index < -0.39 is 5.60 Å². The highest BCUT2D eigenvalue weighted by atomic mass is 16.6. The SMILES string of the molecule is CC(C)(C)OC(=O)N1CC(N=CC(C#N)=CN)C1. The van der Waals surface area contributed by atoms with Gasteiger partial charge in [-0.3, -0.25) is 4.99 Å². The Morgan fingerprint density at radius 3 is 2.61 bits per heavy atom. The van der Waals surface area contributed by atoms with Crippen LogP contribution < -0.4 is 5.73 Å². The van der Waals surface area contributed by atoms with Crippen LogP contribution in [0.4, 0.5) is 4.79 Å². The minimum atomic E-state index is -0.484. The Kier molecular flexibility index (Phi) is 4.32. The van der Waals surface area contributed by atoms with Crippen molar-refractivity contribution in [3.8, 4) is 6.07 Å². The minimum absolute atomic E-state index is 0.0146. The Hall–Kier alpha value is -2.03. The molecule has 0 aromatic rings. The van der Waals surface area contributed by atoms with E-state index in [9.17, 15) is 4.79 Å². The molecular weight excluding hydrogens is 232 g/mol.